The first-order chi connectivity index (χ1) is 17.5. The van der Waals surface area contributed by atoms with Crippen molar-refractivity contribution in [3.05, 3.63) is 102 Å². The van der Waals surface area contributed by atoms with Crippen molar-refractivity contribution in [3.8, 4) is 28.5 Å². The van der Waals surface area contributed by atoms with Gasteiger partial charge in [-0.3, -0.25) is 0 Å². The predicted octanol–water partition coefficient (Wildman–Crippen LogP) is 8.20. The maximum atomic E-state index is 9.79. The average molecular weight is 468 g/mol. The van der Waals surface area contributed by atoms with Crippen molar-refractivity contribution in [2.24, 2.45) is 7.05 Å². The minimum atomic E-state index is 0.382. The third-order valence-corrected chi connectivity index (χ3v) is 7.27. The number of aryl methyl sites for hydroxylation is 2. The lowest BCUT2D eigenvalue weighted by Gasteiger charge is -2.13. The molecule has 0 fully saturated rings. The maximum Gasteiger partial charge on any atom is 0.217 e. The second-order valence-corrected chi connectivity index (χ2v) is 9.83. The summed E-state index contributed by atoms with van der Waals surface area (Å²) < 4.78 is 9.02. The molecule has 174 valence electrons. The molecule has 3 heteroatoms. The fourth-order valence-electron chi connectivity index (χ4n) is 5.43. The van der Waals surface area contributed by atoms with Gasteiger partial charge in [0.25, 0.3) is 0 Å². The molecule has 6 rings (SSSR count). The van der Waals surface area contributed by atoms with Gasteiger partial charge in [-0.1, -0.05) is 68.4 Å². The number of nitrogens with zero attached hydrogens (tertiary/aromatic N) is 2. The predicted molar refractivity (Wildman–Crippen MR) is 147 cm³/mol. The van der Waals surface area contributed by atoms with Crippen LogP contribution in [0.25, 0.3) is 55.2 Å². The Morgan fingerprint density at radius 2 is 1.56 bits per heavy atom. The van der Waals surface area contributed by atoms with Crippen LogP contribution in [0.3, 0.4) is 0 Å². The molecule has 36 heavy (non-hydrogen) atoms. The van der Waals surface area contributed by atoms with E-state index in [0.29, 0.717) is 11.5 Å². The Morgan fingerprint density at radius 1 is 0.806 bits per heavy atom. The molecular formula is C33H27N2O+. The summed E-state index contributed by atoms with van der Waals surface area (Å²) in [6, 6.07) is 31.6. The highest BCUT2D eigenvalue weighted by Crippen LogP contribution is 2.42. The lowest BCUT2D eigenvalue weighted by Crippen LogP contribution is -2.33. The number of furan rings is 1. The summed E-state index contributed by atoms with van der Waals surface area (Å²) in [6.45, 7) is 6.64. The van der Waals surface area contributed by atoms with Gasteiger partial charge < -0.3 is 4.42 Å². The number of aromatic nitrogens is 1. The average Bonchev–Trinajstić information content (AvgIpc) is 3.27. The van der Waals surface area contributed by atoms with Gasteiger partial charge in [-0.15, -0.1) is 0 Å². The number of hydrogen-bond donors (Lipinski definition) is 0. The first-order valence-electron chi connectivity index (χ1n) is 12.4. The standard InChI is InChI=1S/C33H27N2O/c1-20(2)26-18-30(35(4)29-13-9-8-12-24(26)29)31-21(3)14-15-25-28-17-22(19-34)16-27(32(28)36-33(25)31)23-10-6-5-7-11-23/h5-18,20H,1-4H3/q+1. The fraction of sp³-hybridized carbons (Fsp3) is 0.152. The van der Waals surface area contributed by atoms with E-state index in [-0.39, 0.29) is 0 Å². The van der Waals surface area contributed by atoms with E-state index in [4.69, 9.17) is 4.42 Å². The third kappa shape index (κ3) is 3.30. The normalized spacial score (nSPS) is 11.6. The monoisotopic (exact) mass is 467 g/mol. The number of para-hydroxylation sites is 1. The Morgan fingerprint density at radius 3 is 2.31 bits per heavy atom. The summed E-state index contributed by atoms with van der Waals surface area (Å²) in [5.41, 5.74) is 10.2. The summed E-state index contributed by atoms with van der Waals surface area (Å²) in [6.07, 6.45) is 0. The Hall–Kier alpha value is -4.42. The molecule has 0 spiro atoms. The molecule has 0 aliphatic heterocycles. The first kappa shape index (κ1) is 22.1. The van der Waals surface area contributed by atoms with Crippen LogP contribution in [0.1, 0.15) is 36.5 Å². The van der Waals surface area contributed by atoms with Crippen molar-refractivity contribution >= 4 is 32.8 Å². The van der Waals surface area contributed by atoms with Crippen molar-refractivity contribution in [3.63, 3.8) is 0 Å². The van der Waals surface area contributed by atoms with Crippen molar-refractivity contribution in [1.82, 2.24) is 0 Å². The second-order valence-electron chi connectivity index (χ2n) is 9.83. The number of pyridine rings is 1. The summed E-state index contributed by atoms with van der Waals surface area (Å²) in [4.78, 5) is 0. The number of fused-ring (bicyclic) bond motifs is 4. The van der Waals surface area contributed by atoms with Crippen LogP contribution < -0.4 is 4.57 Å². The zero-order chi connectivity index (χ0) is 25.0. The van der Waals surface area contributed by atoms with Gasteiger partial charge in [-0.2, -0.15) is 9.83 Å². The third-order valence-electron chi connectivity index (χ3n) is 7.27. The zero-order valence-corrected chi connectivity index (χ0v) is 21.0. The molecule has 0 aliphatic rings. The lowest BCUT2D eigenvalue weighted by atomic mass is 9.93. The number of rotatable bonds is 3. The van der Waals surface area contributed by atoms with E-state index in [1.165, 1.54) is 16.5 Å². The molecule has 3 nitrogen and oxygen atoms in total. The second kappa shape index (κ2) is 8.36. The van der Waals surface area contributed by atoms with Crippen LogP contribution in [0.4, 0.5) is 0 Å². The molecule has 4 aromatic carbocycles. The number of benzene rings is 4. The molecule has 0 aliphatic carbocycles. The van der Waals surface area contributed by atoms with E-state index < -0.39 is 0 Å². The van der Waals surface area contributed by atoms with E-state index >= 15 is 0 Å². The van der Waals surface area contributed by atoms with Crippen LogP contribution in [0, 0.1) is 18.3 Å². The Balaban J connectivity index is 1.75. The van der Waals surface area contributed by atoms with Gasteiger partial charge in [0.1, 0.15) is 18.2 Å². The van der Waals surface area contributed by atoms with Crippen molar-refractivity contribution in [2.75, 3.05) is 0 Å². The maximum absolute atomic E-state index is 9.79. The van der Waals surface area contributed by atoms with Gasteiger partial charge in [0.05, 0.1) is 17.2 Å². The first-order valence-corrected chi connectivity index (χ1v) is 12.4. The Bertz CT molecular complexity index is 1840. The molecular weight excluding hydrogens is 440 g/mol. The lowest BCUT2D eigenvalue weighted by molar-refractivity contribution is -0.633. The molecule has 0 amide bonds. The van der Waals surface area contributed by atoms with E-state index in [2.05, 4.69) is 93.1 Å². The number of nitriles is 1. The van der Waals surface area contributed by atoms with Crippen molar-refractivity contribution < 1.29 is 8.98 Å². The smallest absolute Gasteiger partial charge is 0.217 e. The van der Waals surface area contributed by atoms with Gasteiger partial charge in [-0.05, 0) is 47.7 Å². The van der Waals surface area contributed by atoms with Crippen LogP contribution in [0.5, 0.6) is 0 Å². The molecule has 0 bridgehead atoms. The Labute approximate surface area is 210 Å². The molecule has 0 saturated carbocycles. The molecule has 0 N–H and O–H groups in total. The van der Waals surface area contributed by atoms with Gasteiger partial charge >= 0.3 is 0 Å². The minimum absolute atomic E-state index is 0.382. The summed E-state index contributed by atoms with van der Waals surface area (Å²) in [7, 11) is 2.13. The zero-order valence-electron chi connectivity index (χ0n) is 21.0. The van der Waals surface area contributed by atoms with Gasteiger partial charge in [0.15, 0.2) is 0 Å². The molecule has 0 radical (unpaired) electrons. The van der Waals surface area contributed by atoms with E-state index in [1.54, 1.807) is 0 Å². The van der Waals surface area contributed by atoms with Crippen LogP contribution in [-0.2, 0) is 7.05 Å². The van der Waals surface area contributed by atoms with Crippen molar-refractivity contribution in [2.45, 2.75) is 26.7 Å². The number of hydrogen-bond acceptors (Lipinski definition) is 2. The summed E-state index contributed by atoms with van der Waals surface area (Å²) in [5.74, 6) is 0.382. The topological polar surface area (TPSA) is 40.8 Å². The molecule has 0 saturated heterocycles. The van der Waals surface area contributed by atoms with E-state index in [9.17, 15) is 5.26 Å². The van der Waals surface area contributed by atoms with E-state index in [0.717, 1.165) is 49.9 Å². The highest BCUT2D eigenvalue weighted by molar-refractivity contribution is 6.13. The van der Waals surface area contributed by atoms with Gasteiger partial charge in [-0.25, -0.2) is 0 Å². The largest absolute Gasteiger partial charge is 0.454 e. The van der Waals surface area contributed by atoms with Crippen molar-refractivity contribution in [1.29, 1.82) is 5.26 Å². The highest BCUT2D eigenvalue weighted by Gasteiger charge is 2.25. The summed E-state index contributed by atoms with van der Waals surface area (Å²) >= 11 is 0. The summed E-state index contributed by atoms with van der Waals surface area (Å²) in [5, 5.41) is 13.1. The van der Waals surface area contributed by atoms with Crippen LogP contribution in [0.2, 0.25) is 0 Å². The van der Waals surface area contributed by atoms with Crippen LogP contribution in [-0.4, -0.2) is 0 Å². The molecule has 2 heterocycles. The molecule has 0 unspecified atom stereocenters. The van der Waals surface area contributed by atoms with Gasteiger partial charge in [0, 0.05) is 33.9 Å². The SMILES string of the molecule is Cc1ccc2c(oc3c(-c4ccccc4)cc(C#N)cc32)c1-c1cc(C(C)C)c2ccccc2[n+]1C. The van der Waals surface area contributed by atoms with Crippen LogP contribution >= 0.6 is 0 Å². The Kier molecular flexibility index (Phi) is 5.12. The molecule has 2 aromatic heterocycles. The molecule has 0 atom stereocenters. The fourth-order valence-corrected chi connectivity index (χ4v) is 5.43. The molecule has 6 aromatic rings. The minimum Gasteiger partial charge on any atom is -0.454 e. The highest BCUT2D eigenvalue weighted by atomic mass is 16.3. The van der Waals surface area contributed by atoms with Crippen LogP contribution in [0.15, 0.2) is 89.3 Å². The quantitative estimate of drug-likeness (QED) is 0.246. The van der Waals surface area contributed by atoms with E-state index in [1.807, 2.05) is 30.3 Å². The van der Waals surface area contributed by atoms with Gasteiger partial charge in [0.2, 0.25) is 11.2 Å².